The number of anilines is 1. The molecule has 2 saturated heterocycles. The molecule has 17 heavy (non-hydrogen) atoms. The number of hydrogen-bond acceptors (Lipinski definition) is 4. The maximum absolute atomic E-state index is 4.53. The predicted molar refractivity (Wildman–Crippen MR) is 68.1 cm³/mol. The molecule has 2 aliphatic heterocycles. The van der Waals surface area contributed by atoms with Crippen LogP contribution in [0.25, 0.3) is 0 Å². The molecule has 1 spiro atoms. The van der Waals surface area contributed by atoms with Gasteiger partial charge in [-0.2, -0.15) is 0 Å². The van der Waals surface area contributed by atoms with Crippen molar-refractivity contribution in [3.05, 3.63) is 18.0 Å². The molecule has 0 radical (unpaired) electrons. The van der Waals surface area contributed by atoms with Crippen LogP contribution in [0.1, 0.15) is 25.0 Å². The van der Waals surface area contributed by atoms with Crippen LogP contribution in [0, 0.1) is 12.3 Å². The first-order valence-corrected chi connectivity index (χ1v) is 6.53. The van der Waals surface area contributed by atoms with Gasteiger partial charge in [0.05, 0.1) is 0 Å². The summed E-state index contributed by atoms with van der Waals surface area (Å²) in [5.41, 5.74) is 1.53. The van der Waals surface area contributed by atoms with Gasteiger partial charge in [0.15, 0.2) is 0 Å². The summed E-state index contributed by atoms with van der Waals surface area (Å²) in [5, 5.41) is 3.53. The van der Waals surface area contributed by atoms with E-state index in [0.29, 0.717) is 5.41 Å². The maximum Gasteiger partial charge on any atom is 0.225 e. The van der Waals surface area contributed by atoms with Gasteiger partial charge < -0.3 is 10.2 Å². The Hall–Kier alpha value is -1.16. The second-order valence-corrected chi connectivity index (χ2v) is 5.45. The number of nitrogens with zero attached hydrogens (tertiary/aromatic N) is 3. The zero-order valence-corrected chi connectivity index (χ0v) is 10.4. The first kappa shape index (κ1) is 11.0. The van der Waals surface area contributed by atoms with Gasteiger partial charge in [0.1, 0.15) is 0 Å². The Morgan fingerprint density at radius 1 is 1.41 bits per heavy atom. The minimum Gasteiger partial charge on any atom is -0.340 e. The molecule has 4 nitrogen and oxygen atoms in total. The minimum absolute atomic E-state index is 0.478. The van der Waals surface area contributed by atoms with Crippen LogP contribution in [-0.2, 0) is 0 Å². The normalized spacial score (nSPS) is 28.9. The molecular weight excluding hydrogens is 212 g/mol. The summed E-state index contributed by atoms with van der Waals surface area (Å²) in [6.45, 7) is 6.59. The van der Waals surface area contributed by atoms with Crippen LogP contribution < -0.4 is 10.2 Å². The molecule has 0 amide bonds. The quantitative estimate of drug-likeness (QED) is 0.794. The molecule has 1 aromatic rings. The summed E-state index contributed by atoms with van der Waals surface area (Å²) in [6.07, 6.45) is 5.80. The fraction of sp³-hybridized carbons (Fsp3) is 0.692. The van der Waals surface area contributed by atoms with E-state index < -0.39 is 0 Å². The van der Waals surface area contributed by atoms with Gasteiger partial charge >= 0.3 is 0 Å². The van der Waals surface area contributed by atoms with E-state index in [1.807, 2.05) is 19.2 Å². The fourth-order valence-corrected chi connectivity index (χ4v) is 3.07. The lowest BCUT2D eigenvalue weighted by molar-refractivity contribution is 0.239. The van der Waals surface area contributed by atoms with Gasteiger partial charge in [-0.05, 0) is 38.8 Å². The number of aryl methyl sites for hydroxylation is 1. The first-order valence-electron chi connectivity index (χ1n) is 6.53. The largest absolute Gasteiger partial charge is 0.340 e. The van der Waals surface area contributed by atoms with Crippen LogP contribution >= 0.6 is 0 Å². The van der Waals surface area contributed by atoms with Crippen molar-refractivity contribution in [1.29, 1.82) is 0 Å². The number of piperidine rings is 1. The van der Waals surface area contributed by atoms with Crippen molar-refractivity contribution in [2.75, 3.05) is 31.1 Å². The molecular formula is C13H20N4. The molecule has 3 rings (SSSR count). The maximum atomic E-state index is 4.53. The summed E-state index contributed by atoms with van der Waals surface area (Å²) in [4.78, 5) is 11.3. The van der Waals surface area contributed by atoms with Gasteiger partial charge in [0.2, 0.25) is 5.95 Å². The Morgan fingerprint density at radius 3 is 3.12 bits per heavy atom. The van der Waals surface area contributed by atoms with Crippen molar-refractivity contribution in [3.8, 4) is 0 Å². The topological polar surface area (TPSA) is 41.1 Å². The summed E-state index contributed by atoms with van der Waals surface area (Å²) < 4.78 is 0. The number of hydrogen-bond donors (Lipinski definition) is 1. The highest BCUT2D eigenvalue weighted by Gasteiger charge is 2.39. The molecule has 2 aliphatic rings. The lowest BCUT2D eigenvalue weighted by atomic mass is 9.80. The molecule has 0 aliphatic carbocycles. The molecule has 4 heteroatoms. The third kappa shape index (κ3) is 2.14. The Morgan fingerprint density at radius 2 is 2.35 bits per heavy atom. The molecule has 0 unspecified atom stereocenters. The number of aromatic nitrogens is 2. The standard InChI is InChI=1S/C13H20N4/c1-11-3-7-15-12(16-11)17-8-5-13(10-17)4-2-6-14-9-13/h3,7,14H,2,4-6,8-10H2,1H3/t13-/m1/s1. The van der Waals surface area contributed by atoms with Crippen molar-refractivity contribution in [2.24, 2.45) is 5.41 Å². The lowest BCUT2D eigenvalue weighted by Gasteiger charge is -2.33. The summed E-state index contributed by atoms with van der Waals surface area (Å²) in [5.74, 6) is 0.910. The van der Waals surface area contributed by atoms with E-state index in [1.54, 1.807) is 0 Å². The highest BCUT2D eigenvalue weighted by Crippen LogP contribution is 2.37. The Bertz CT molecular complexity index is 398. The third-order valence-corrected chi connectivity index (χ3v) is 4.06. The van der Waals surface area contributed by atoms with Crippen LogP contribution in [0.2, 0.25) is 0 Å². The zero-order valence-electron chi connectivity index (χ0n) is 10.4. The Balaban J connectivity index is 1.75. The van der Waals surface area contributed by atoms with E-state index in [0.717, 1.165) is 31.3 Å². The molecule has 1 N–H and O–H groups in total. The average molecular weight is 232 g/mol. The summed E-state index contributed by atoms with van der Waals surface area (Å²) in [7, 11) is 0. The van der Waals surface area contributed by atoms with Gasteiger partial charge in [-0.15, -0.1) is 0 Å². The molecule has 3 heterocycles. The number of rotatable bonds is 1. The molecule has 0 aromatic carbocycles. The molecule has 0 saturated carbocycles. The first-order chi connectivity index (χ1) is 8.27. The van der Waals surface area contributed by atoms with E-state index in [4.69, 9.17) is 0 Å². The second-order valence-electron chi connectivity index (χ2n) is 5.45. The monoisotopic (exact) mass is 232 g/mol. The summed E-state index contributed by atoms with van der Waals surface area (Å²) >= 11 is 0. The smallest absolute Gasteiger partial charge is 0.225 e. The molecule has 92 valence electrons. The average Bonchev–Trinajstić information content (AvgIpc) is 2.74. The van der Waals surface area contributed by atoms with E-state index in [-0.39, 0.29) is 0 Å². The van der Waals surface area contributed by atoms with Gasteiger partial charge in [0.25, 0.3) is 0 Å². The van der Waals surface area contributed by atoms with E-state index in [1.165, 1.54) is 25.8 Å². The summed E-state index contributed by atoms with van der Waals surface area (Å²) in [6, 6.07) is 1.96. The van der Waals surface area contributed by atoms with Gasteiger partial charge in [-0.3, -0.25) is 0 Å². The third-order valence-electron chi connectivity index (χ3n) is 4.06. The van der Waals surface area contributed by atoms with E-state index in [9.17, 15) is 0 Å². The Kier molecular flexibility index (Phi) is 2.74. The van der Waals surface area contributed by atoms with Crippen molar-refractivity contribution in [2.45, 2.75) is 26.2 Å². The van der Waals surface area contributed by atoms with Crippen molar-refractivity contribution < 1.29 is 0 Å². The van der Waals surface area contributed by atoms with Gasteiger partial charge in [0, 0.05) is 36.9 Å². The lowest BCUT2D eigenvalue weighted by Crippen LogP contribution is -2.42. The van der Waals surface area contributed by atoms with E-state index >= 15 is 0 Å². The van der Waals surface area contributed by atoms with Crippen molar-refractivity contribution in [1.82, 2.24) is 15.3 Å². The zero-order chi connectivity index (χ0) is 11.7. The van der Waals surface area contributed by atoms with Crippen molar-refractivity contribution >= 4 is 5.95 Å². The molecule has 0 bridgehead atoms. The number of nitrogens with one attached hydrogen (secondary N) is 1. The van der Waals surface area contributed by atoms with E-state index in [2.05, 4.69) is 20.2 Å². The minimum atomic E-state index is 0.478. The molecule has 2 fully saturated rings. The van der Waals surface area contributed by atoms with Crippen LogP contribution in [0.4, 0.5) is 5.95 Å². The second kappa shape index (κ2) is 4.26. The van der Waals surface area contributed by atoms with Crippen LogP contribution in [-0.4, -0.2) is 36.1 Å². The van der Waals surface area contributed by atoms with Crippen LogP contribution in [0.15, 0.2) is 12.3 Å². The van der Waals surface area contributed by atoms with Gasteiger partial charge in [-0.1, -0.05) is 0 Å². The Labute approximate surface area is 102 Å². The predicted octanol–water partition coefficient (Wildman–Crippen LogP) is 1.36. The van der Waals surface area contributed by atoms with Crippen LogP contribution in [0.3, 0.4) is 0 Å². The van der Waals surface area contributed by atoms with Gasteiger partial charge in [-0.25, -0.2) is 9.97 Å². The highest BCUT2D eigenvalue weighted by molar-refractivity contribution is 5.33. The molecule has 1 aromatic heterocycles. The van der Waals surface area contributed by atoms with Crippen molar-refractivity contribution in [3.63, 3.8) is 0 Å². The fourth-order valence-electron chi connectivity index (χ4n) is 3.07. The molecule has 1 atom stereocenters. The SMILES string of the molecule is Cc1ccnc(N2CC[C@@]3(CCCNC3)C2)n1. The van der Waals surface area contributed by atoms with Crippen LogP contribution in [0.5, 0.6) is 0 Å². The highest BCUT2D eigenvalue weighted by atomic mass is 15.3.